The fourth-order valence-electron chi connectivity index (χ4n) is 2.96. The quantitative estimate of drug-likeness (QED) is 0.930. The zero-order valence-corrected chi connectivity index (χ0v) is 13.2. The van der Waals surface area contributed by atoms with Crippen LogP contribution in [0.25, 0.3) is 0 Å². The van der Waals surface area contributed by atoms with Gasteiger partial charge in [-0.1, -0.05) is 31.1 Å². The van der Waals surface area contributed by atoms with E-state index in [4.69, 9.17) is 9.57 Å². The van der Waals surface area contributed by atoms with Crippen molar-refractivity contribution < 1.29 is 14.0 Å². The number of nitrogens with one attached hydrogen (secondary N) is 1. The van der Waals surface area contributed by atoms with Gasteiger partial charge in [0, 0.05) is 36.6 Å². The zero-order valence-electron chi connectivity index (χ0n) is 13.2. The van der Waals surface area contributed by atoms with Crippen LogP contribution in [-0.4, -0.2) is 31.1 Å². The Morgan fingerprint density at radius 1 is 1.45 bits per heavy atom. The number of benzene rings is 1. The van der Waals surface area contributed by atoms with Gasteiger partial charge in [-0.3, -0.25) is 0 Å². The largest absolute Gasteiger partial charge is 0.492 e. The minimum Gasteiger partial charge on any atom is -0.492 e. The molecule has 0 fully saturated rings. The van der Waals surface area contributed by atoms with E-state index in [0.717, 1.165) is 42.1 Å². The predicted molar refractivity (Wildman–Crippen MR) is 84.0 cm³/mol. The minimum absolute atomic E-state index is 0.125. The maximum absolute atomic E-state index is 13.6. The number of halogens is 1. The number of nitrogens with zero attached hydrogens (tertiary/aromatic N) is 1. The van der Waals surface area contributed by atoms with Gasteiger partial charge >= 0.3 is 0 Å². The molecule has 22 heavy (non-hydrogen) atoms. The maximum Gasteiger partial charge on any atom is 0.173 e. The van der Waals surface area contributed by atoms with Crippen LogP contribution in [0.3, 0.4) is 0 Å². The molecule has 1 aromatic rings. The third-order valence-electron chi connectivity index (χ3n) is 4.79. The Kier molecular flexibility index (Phi) is 4.34. The third-order valence-corrected chi connectivity index (χ3v) is 4.79. The molecule has 0 radical (unpaired) electrons. The molecule has 4 nitrogen and oxygen atoms in total. The van der Waals surface area contributed by atoms with Crippen molar-refractivity contribution in [3.05, 3.63) is 29.3 Å². The second-order valence-corrected chi connectivity index (χ2v) is 6.16. The molecule has 3 rings (SSSR count). The molecule has 2 aliphatic heterocycles. The van der Waals surface area contributed by atoms with Crippen molar-refractivity contribution in [2.45, 2.75) is 38.8 Å². The zero-order chi connectivity index (χ0) is 15.6. The van der Waals surface area contributed by atoms with E-state index >= 15 is 0 Å². The van der Waals surface area contributed by atoms with Crippen molar-refractivity contribution in [1.29, 1.82) is 0 Å². The first kappa shape index (κ1) is 15.3. The van der Waals surface area contributed by atoms with Gasteiger partial charge in [0.15, 0.2) is 5.60 Å². The van der Waals surface area contributed by atoms with E-state index in [-0.39, 0.29) is 5.92 Å². The van der Waals surface area contributed by atoms with Crippen LogP contribution < -0.4 is 10.1 Å². The average Bonchev–Trinajstić information content (AvgIpc) is 2.87. The number of hydrogen-bond donors (Lipinski definition) is 1. The standard InChI is InChI=1S/C17H23FN2O2/c1-3-12(2)17(11-18)9-15(20-22-17)13-4-5-14-10-19-6-7-21-16(14)8-13/h4-5,8,12,19H,3,6-7,9-11H2,1-2H3. The van der Waals surface area contributed by atoms with Gasteiger partial charge in [0.2, 0.25) is 0 Å². The van der Waals surface area contributed by atoms with E-state index in [1.807, 2.05) is 32.0 Å². The van der Waals surface area contributed by atoms with E-state index in [2.05, 4.69) is 10.5 Å². The summed E-state index contributed by atoms with van der Waals surface area (Å²) in [6.07, 6.45) is 1.38. The van der Waals surface area contributed by atoms with Gasteiger partial charge in [-0.05, 0) is 12.5 Å². The third kappa shape index (κ3) is 2.70. The summed E-state index contributed by atoms with van der Waals surface area (Å²) in [5, 5.41) is 7.48. The summed E-state index contributed by atoms with van der Waals surface area (Å²) in [5.41, 5.74) is 2.10. The van der Waals surface area contributed by atoms with Crippen molar-refractivity contribution in [2.75, 3.05) is 19.8 Å². The Morgan fingerprint density at radius 2 is 2.32 bits per heavy atom. The molecule has 120 valence electrons. The summed E-state index contributed by atoms with van der Waals surface area (Å²) in [7, 11) is 0. The molecule has 2 heterocycles. The van der Waals surface area contributed by atoms with Crippen molar-refractivity contribution in [3.8, 4) is 5.75 Å². The molecular weight excluding hydrogens is 283 g/mol. The Labute approximate surface area is 130 Å². The van der Waals surface area contributed by atoms with Gasteiger partial charge in [-0.15, -0.1) is 0 Å². The van der Waals surface area contributed by atoms with Crippen molar-refractivity contribution in [1.82, 2.24) is 5.32 Å². The van der Waals surface area contributed by atoms with Crippen LogP contribution in [0.4, 0.5) is 4.39 Å². The predicted octanol–water partition coefficient (Wildman–Crippen LogP) is 3.05. The highest BCUT2D eigenvalue weighted by atomic mass is 19.1. The first-order valence-corrected chi connectivity index (χ1v) is 7.96. The first-order chi connectivity index (χ1) is 10.7. The highest BCUT2D eigenvalue weighted by Gasteiger charge is 2.44. The van der Waals surface area contributed by atoms with Crippen LogP contribution in [-0.2, 0) is 11.4 Å². The van der Waals surface area contributed by atoms with Crippen LogP contribution in [0.2, 0.25) is 0 Å². The molecule has 5 heteroatoms. The number of hydrogen-bond acceptors (Lipinski definition) is 4. The smallest absolute Gasteiger partial charge is 0.173 e. The Balaban J connectivity index is 1.82. The molecule has 0 saturated carbocycles. The molecule has 1 aromatic carbocycles. The maximum atomic E-state index is 13.6. The van der Waals surface area contributed by atoms with Gasteiger partial charge in [0.25, 0.3) is 0 Å². The molecular formula is C17H23FN2O2. The summed E-state index contributed by atoms with van der Waals surface area (Å²) in [6.45, 7) is 5.85. The fraction of sp³-hybridized carbons (Fsp3) is 0.588. The topological polar surface area (TPSA) is 42.8 Å². The monoisotopic (exact) mass is 306 g/mol. The number of alkyl halides is 1. The van der Waals surface area contributed by atoms with Crippen LogP contribution >= 0.6 is 0 Å². The molecule has 0 amide bonds. The van der Waals surface area contributed by atoms with Crippen LogP contribution in [0, 0.1) is 5.92 Å². The average molecular weight is 306 g/mol. The van der Waals surface area contributed by atoms with E-state index in [0.29, 0.717) is 13.0 Å². The molecule has 2 aliphatic rings. The van der Waals surface area contributed by atoms with Gasteiger partial charge in [0.1, 0.15) is 19.0 Å². The molecule has 1 N–H and O–H groups in total. The first-order valence-electron chi connectivity index (χ1n) is 7.96. The highest BCUT2D eigenvalue weighted by molar-refractivity contribution is 6.02. The summed E-state index contributed by atoms with van der Waals surface area (Å²) in [4.78, 5) is 5.54. The summed E-state index contributed by atoms with van der Waals surface area (Å²) in [6, 6.07) is 6.06. The number of ether oxygens (including phenoxy) is 1. The molecule has 0 aromatic heterocycles. The van der Waals surface area contributed by atoms with Gasteiger partial charge in [-0.2, -0.15) is 0 Å². The van der Waals surface area contributed by atoms with Gasteiger partial charge < -0.3 is 14.9 Å². The Morgan fingerprint density at radius 3 is 3.09 bits per heavy atom. The normalized spacial score (nSPS) is 25.5. The Hall–Kier alpha value is -1.62. The van der Waals surface area contributed by atoms with Crippen LogP contribution in [0.5, 0.6) is 5.75 Å². The molecule has 0 bridgehead atoms. The SMILES string of the molecule is CCC(C)C1(CF)CC(c2ccc3c(c2)OCCNC3)=NO1. The van der Waals surface area contributed by atoms with Crippen molar-refractivity contribution >= 4 is 5.71 Å². The fourth-order valence-corrected chi connectivity index (χ4v) is 2.96. The number of fused-ring (bicyclic) bond motifs is 1. The van der Waals surface area contributed by atoms with Crippen LogP contribution in [0.15, 0.2) is 23.4 Å². The van der Waals surface area contributed by atoms with Crippen LogP contribution in [0.1, 0.15) is 37.8 Å². The second kappa shape index (κ2) is 6.24. The summed E-state index contributed by atoms with van der Waals surface area (Å²) >= 11 is 0. The van der Waals surface area contributed by atoms with E-state index in [1.54, 1.807) is 0 Å². The van der Waals surface area contributed by atoms with E-state index in [1.165, 1.54) is 0 Å². The highest BCUT2D eigenvalue weighted by Crippen LogP contribution is 2.36. The lowest BCUT2D eigenvalue weighted by molar-refractivity contribution is -0.0746. The van der Waals surface area contributed by atoms with Crippen molar-refractivity contribution in [2.24, 2.45) is 11.1 Å². The second-order valence-electron chi connectivity index (χ2n) is 6.16. The molecule has 0 spiro atoms. The molecule has 0 aliphatic carbocycles. The van der Waals surface area contributed by atoms with Gasteiger partial charge in [0.05, 0.1) is 5.71 Å². The summed E-state index contributed by atoms with van der Waals surface area (Å²) in [5.74, 6) is 1.01. The van der Waals surface area contributed by atoms with Gasteiger partial charge in [-0.25, -0.2) is 4.39 Å². The number of oxime groups is 1. The lowest BCUT2D eigenvalue weighted by Crippen LogP contribution is -2.39. The summed E-state index contributed by atoms with van der Waals surface area (Å²) < 4.78 is 19.3. The lowest BCUT2D eigenvalue weighted by Gasteiger charge is -2.29. The molecule has 2 unspecified atom stereocenters. The van der Waals surface area contributed by atoms with E-state index < -0.39 is 12.3 Å². The van der Waals surface area contributed by atoms with Crippen molar-refractivity contribution in [3.63, 3.8) is 0 Å². The Bertz CT molecular complexity index is 576. The molecule has 2 atom stereocenters. The van der Waals surface area contributed by atoms with E-state index in [9.17, 15) is 4.39 Å². The minimum atomic E-state index is -0.806. The number of rotatable bonds is 4. The lowest BCUT2D eigenvalue weighted by atomic mass is 9.83. The molecule has 0 saturated heterocycles.